The van der Waals surface area contributed by atoms with Crippen molar-refractivity contribution in [2.24, 2.45) is 0 Å². The summed E-state index contributed by atoms with van der Waals surface area (Å²) >= 11 is 1.52. The van der Waals surface area contributed by atoms with Crippen molar-refractivity contribution in [2.75, 3.05) is 47.1 Å². The van der Waals surface area contributed by atoms with Gasteiger partial charge in [0.25, 0.3) is 5.91 Å². The van der Waals surface area contributed by atoms with Crippen molar-refractivity contribution >= 4 is 23.7 Å². The molecule has 1 saturated heterocycles. The van der Waals surface area contributed by atoms with E-state index in [1.54, 1.807) is 30.4 Å². The second-order valence-electron chi connectivity index (χ2n) is 8.04. The Kier molecular flexibility index (Phi) is 8.57. The van der Waals surface area contributed by atoms with Crippen LogP contribution in [-0.2, 0) is 16.1 Å². The highest BCUT2D eigenvalue weighted by Crippen LogP contribution is 2.34. The maximum absolute atomic E-state index is 13.0. The number of nitrogens with zero attached hydrogens (tertiary/aromatic N) is 2. The van der Waals surface area contributed by atoms with E-state index in [4.69, 9.17) is 18.9 Å². The number of amides is 1. The molecule has 2 aliphatic rings. The van der Waals surface area contributed by atoms with Crippen molar-refractivity contribution in [2.45, 2.75) is 11.9 Å². The Labute approximate surface area is 209 Å². The Morgan fingerprint density at radius 1 is 1.14 bits per heavy atom. The molecule has 0 aliphatic carbocycles. The lowest BCUT2D eigenvalue weighted by atomic mass is 10.1. The molecule has 8 nitrogen and oxygen atoms in total. The summed E-state index contributed by atoms with van der Waals surface area (Å²) in [6, 6.07) is 11.0. The highest BCUT2D eigenvalue weighted by atomic mass is 32.2. The van der Waals surface area contributed by atoms with Crippen LogP contribution in [0.25, 0.3) is 6.08 Å². The van der Waals surface area contributed by atoms with E-state index in [9.17, 15) is 9.90 Å². The van der Waals surface area contributed by atoms with E-state index in [0.717, 1.165) is 24.2 Å². The van der Waals surface area contributed by atoms with Crippen molar-refractivity contribution in [1.29, 1.82) is 0 Å². The van der Waals surface area contributed by atoms with Crippen LogP contribution in [0.4, 0.5) is 0 Å². The number of benzene rings is 2. The fraction of sp³-hybridized carbons (Fsp3) is 0.346. The summed E-state index contributed by atoms with van der Waals surface area (Å²) in [6.45, 7) is 3.85. The molecule has 2 heterocycles. The molecule has 186 valence electrons. The average Bonchev–Trinajstić information content (AvgIpc) is 3.37. The van der Waals surface area contributed by atoms with Crippen LogP contribution in [0, 0.1) is 0 Å². The summed E-state index contributed by atoms with van der Waals surface area (Å²) in [4.78, 5) is 16.8. The van der Waals surface area contributed by atoms with Crippen LogP contribution in [0.5, 0.6) is 23.0 Å². The molecule has 1 atom stereocenters. The van der Waals surface area contributed by atoms with Crippen molar-refractivity contribution in [3.05, 3.63) is 65.2 Å². The zero-order valence-electron chi connectivity index (χ0n) is 19.9. The molecule has 35 heavy (non-hydrogen) atoms. The van der Waals surface area contributed by atoms with Crippen LogP contribution in [-0.4, -0.2) is 73.3 Å². The molecule has 1 amide bonds. The number of rotatable bonds is 9. The minimum atomic E-state index is -0.191. The minimum absolute atomic E-state index is 0.120. The van der Waals surface area contributed by atoms with Gasteiger partial charge in [-0.3, -0.25) is 14.6 Å². The number of aromatic hydroxyl groups is 1. The normalized spacial score (nSPS) is 18.2. The molecule has 1 unspecified atom stereocenters. The lowest BCUT2D eigenvalue weighted by Crippen LogP contribution is -2.35. The molecule has 0 bridgehead atoms. The first kappa shape index (κ1) is 25.0. The third kappa shape index (κ3) is 6.30. The maximum atomic E-state index is 13.0. The van der Waals surface area contributed by atoms with E-state index < -0.39 is 0 Å². The quantitative estimate of drug-likeness (QED) is 0.524. The number of thioether (sulfide) groups is 1. The first-order chi connectivity index (χ1) is 17.1. The highest BCUT2D eigenvalue weighted by Gasteiger charge is 2.25. The lowest BCUT2D eigenvalue weighted by Gasteiger charge is -2.27. The summed E-state index contributed by atoms with van der Waals surface area (Å²) in [5.74, 6) is 1.61. The van der Waals surface area contributed by atoms with Gasteiger partial charge in [-0.05, 0) is 41.3 Å². The number of carbonyl (C=O) groups is 1. The molecule has 0 spiro atoms. The number of morpholine rings is 1. The molecule has 2 aromatic rings. The van der Waals surface area contributed by atoms with Crippen molar-refractivity contribution in [1.82, 2.24) is 9.80 Å². The predicted octanol–water partition coefficient (Wildman–Crippen LogP) is 3.71. The van der Waals surface area contributed by atoms with Gasteiger partial charge in [0.2, 0.25) is 0 Å². The number of ether oxygens (including phenoxy) is 4. The molecule has 4 rings (SSSR count). The van der Waals surface area contributed by atoms with Crippen LogP contribution in [0.2, 0.25) is 0 Å². The standard InChI is InChI=1S/C26H30N2O6S/c1-31-21-5-3-4-6-22(21)34-18-25-28(11-14-35-25)24(29)8-7-19-15-20(26(30)23(16-19)32-2)17-27-9-12-33-13-10-27/h3-8,11,14-16,25,30H,9-10,12-13,17-18H2,1-2H3. The van der Waals surface area contributed by atoms with Crippen LogP contribution < -0.4 is 14.2 Å². The van der Waals surface area contributed by atoms with E-state index >= 15 is 0 Å². The van der Waals surface area contributed by atoms with Gasteiger partial charge in [-0.1, -0.05) is 12.1 Å². The van der Waals surface area contributed by atoms with Gasteiger partial charge in [0.1, 0.15) is 12.0 Å². The van der Waals surface area contributed by atoms with Crippen molar-refractivity contribution < 1.29 is 28.8 Å². The number of carbonyl (C=O) groups excluding carboxylic acids is 1. The third-order valence-electron chi connectivity index (χ3n) is 5.78. The van der Waals surface area contributed by atoms with Gasteiger partial charge in [-0.2, -0.15) is 0 Å². The fourth-order valence-corrected chi connectivity index (χ4v) is 4.74. The molecule has 1 N–H and O–H groups in total. The Morgan fingerprint density at radius 2 is 1.89 bits per heavy atom. The molecule has 1 fully saturated rings. The number of hydrogen-bond acceptors (Lipinski definition) is 8. The monoisotopic (exact) mass is 498 g/mol. The number of phenols is 1. The summed E-state index contributed by atoms with van der Waals surface area (Å²) in [6.07, 6.45) is 5.02. The van der Waals surface area contributed by atoms with Gasteiger partial charge in [-0.15, -0.1) is 11.8 Å². The summed E-state index contributed by atoms with van der Waals surface area (Å²) in [7, 11) is 3.12. The number of phenolic OH excluding ortho intramolecular Hbond substituents is 1. The zero-order valence-corrected chi connectivity index (χ0v) is 20.7. The first-order valence-corrected chi connectivity index (χ1v) is 12.3. The molecule has 2 aliphatic heterocycles. The number of para-hydroxylation sites is 2. The summed E-state index contributed by atoms with van der Waals surface area (Å²) < 4.78 is 22.0. The number of hydrogen-bond donors (Lipinski definition) is 1. The van der Waals surface area contributed by atoms with Crippen LogP contribution in [0.1, 0.15) is 11.1 Å². The van der Waals surface area contributed by atoms with Gasteiger partial charge in [0.05, 0.1) is 27.4 Å². The molecule has 0 radical (unpaired) electrons. The molecular formula is C26H30N2O6S. The third-order valence-corrected chi connectivity index (χ3v) is 6.74. The second kappa shape index (κ2) is 12.0. The number of methoxy groups -OCH3 is 2. The Bertz CT molecular complexity index is 1080. The lowest BCUT2D eigenvalue weighted by molar-refractivity contribution is -0.124. The van der Waals surface area contributed by atoms with E-state index in [2.05, 4.69) is 4.90 Å². The Balaban J connectivity index is 1.43. The van der Waals surface area contributed by atoms with Crippen molar-refractivity contribution in [3.8, 4) is 23.0 Å². The van der Waals surface area contributed by atoms with Gasteiger partial charge in [0, 0.05) is 37.5 Å². The molecular weight excluding hydrogens is 468 g/mol. The average molecular weight is 499 g/mol. The molecule has 9 heteroatoms. The van der Waals surface area contributed by atoms with E-state index in [1.165, 1.54) is 24.9 Å². The SMILES string of the molecule is COc1ccccc1OCC1SC=CN1C(=O)C=Cc1cc(CN2CCOCC2)c(O)c(OC)c1. The Hall–Kier alpha value is -3.14. The second-order valence-corrected chi connectivity index (χ2v) is 9.12. The van der Waals surface area contributed by atoms with Gasteiger partial charge >= 0.3 is 0 Å². The van der Waals surface area contributed by atoms with Crippen molar-refractivity contribution in [3.63, 3.8) is 0 Å². The van der Waals surface area contributed by atoms with Gasteiger partial charge < -0.3 is 24.1 Å². The Morgan fingerprint density at radius 3 is 2.63 bits per heavy atom. The van der Waals surface area contributed by atoms with Crippen LogP contribution in [0.15, 0.2) is 54.1 Å². The van der Waals surface area contributed by atoms with E-state index in [-0.39, 0.29) is 17.0 Å². The maximum Gasteiger partial charge on any atom is 0.251 e. The van der Waals surface area contributed by atoms with Crippen LogP contribution >= 0.6 is 11.8 Å². The first-order valence-electron chi connectivity index (χ1n) is 11.4. The van der Waals surface area contributed by atoms with Crippen LogP contribution in [0.3, 0.4) is 0 Å². The predicted molar refractivity (Wildman–Crippen MR) is 136 cm³/mol. The van der Waals surface area contributed by atoms with E-state index in [0.29, 0.717) is 43.6 Å². The van der Waals surface area contributed by atoms with Gasteiger partial charge in [0.15, 0.2) is 23.0 Å². The largest absolute Gasteiger partial charge is 0.504 e. The molecule has 2 aromatic carbocycles. The highest BCUT2D eigenvalue weighted by molar-refractivity contribution is 8.02. The molecule has 0 saturated carbocycles. The van der Waals surface area contributed by atoms with Gasteiger partial charge in [-0.25, -0.2) is 0 Å². The zero-order chi connectivity index (χ0) is 24.6. The molecule has 0 aromatic heterocycles. The smallest absolute Gasteiger partial charge is 0.251 e. The minimum Gasteiger partial charge on any atom is -0.504 e. The topological polar surface area (TPSA) is 80.7 Å². The van der Waals surface area contributed by atoms with E-state index in [1.807, 2.05) is 35.7 Å². The summed E-state index contributed by atoms with van der Waals surface area (Å²) in [5.41, 5.74) is 1.52. The summed E-state index contributed by atoms with van der Waals surface area (Å²) in [5, 5.41) is 12.3. The fourth-order valence-electron chi connectivity index (χ4n) is 3.90.